The van der Waals surface area contributed by atoms with Crippen LogP contribution in [0, 0.1) is 5.92 Å². The molecule has 3 aromatic rings. The lowest BCUT2D eigenvalue weighted by molar-refractivity contribution is -0.120. The fourth-order valence-electron chi connectivity index (χ4n) is 3.59. The van der Waals surface area contributed by atoms with Crippen LogP contribution in [0.1, 0.15) is 23.2 Å². The van der Waals surface area contributed by atoms with Crippen molar-refractivity contribution in [2.75, 3.05) is 28.6 Å². The van der Waals surface area contributed by atoms with Gasteiger partial charge in [0.1, 0.15) is 5.82 Å². The Bertz CT molecular complexity index is 1060. The highest BCUT2D eigenvalue weighted by molar-refractivity contribution is 6.30. The Balaban J connectivity index is 1.44. The molecule has 1 aliphatic heterocycles. The second-order valence-corrected chi connectivity index (χ2v) is 7.78. The number of piperidine rings is 1. The Morgan fingerprint density at radius 1 is 1.00 bits per heavy atom. The number of rotatable bonds is 5. The average molecular weight is 436 g/mol. The van der Waals surface area contributed by atoms with Crippen molar-refractivity contribution in [3.63, 3.8) is 0 Å². The summed E-state index contributed by atoms with van der Waals surface area (Å²) in [6.45, 7) is 1.42. The second kappa shape index (κ2) is 9.57. The highest BCUT2D eigenvalue weighted by atomic mass is 35.5. The Labute approximate surface area is 185 Å². The monoisotopic (exact) mass is 435 g/mol. The van der Waals surface area contributed by atoms with Crippen LogP contribution in [0.5, 0.6) is 0 Å². The van der Waals surface area contributed by atoms with Crippen molar-refractivity contribution in [3.05, 3.63) is 77.7 Å². The topological polar surface area (TPSA) is 87.2 Å². The summed E-state index contributed by atoms with van der Waals surface area (Å²) in [6, 6.07) is 13.8. The van der Waals surface area contributed by atoms with Gasteiger partial charge < -0.3 is 15.5 Å². The van der Waals surface area contributed by atoms with Gasteiger partial charge in [-0.25, -0.2) is 4.98 Å². The van der Waals surface area contributed by atoms with Crippen molar-refractivity contribution < 1.29 is 9.59 Å². The van der Waals surface area contributed by atoms with E-state index < -0.39 is 0 Å². The molecule has 0 saturated carbocycles. The van der Waals surface area contributed by atoms with Crippen LogP contribution in [0.25, 0.3) is 0 Å². The van der Waals surface area contributed by atoms with Crippen molar-refractivity contribution in [2.24, 2.45) is 5.92 Å². The molecule has 2 amide bonds. The Hall–Kier alpha value is -3.45. The van der Waals surface area contributed by atoms with Crippen LogP contribution in [0.15, 0.2) is 67.1 Å². The number of carbonyl (C=O) groups is 2. The van der Waals surface area contributed by atoms with Gasteiger partial charge in [-0.05, 0) is 49.2 Å². The van der Waals surface area contributed by atoms with E-state index >= 15 is 0 Å². The van der Waals surface area contributed by atoms with E-state index in [4.69, 9.17) is 11.6 Å². The number of hydrogen-bond donors (Lipinski definition) is 2. The standard InChI is InChI=1S/C23H22ClN5O2/c24-18-9-7-16(8-10-18)22(30)27-19-5-1-2-6-20(19)28-23(31)17-4-3-13-29(15-17)21-14-25-11-12-26-21/h1-2,5-12,14,17H,3-4,13,15H2,(H,27,30)(H,28,31). The quantitative estimate of drug-likeness (QED) is 0.626. The van der Waals surface area contributed by atoms with Gasteiger partial charge in [-0.2, -0.15) is 0 Å². The molecular weight excluding hydrogens is 414 g/mol. The predicted octanol–water partition coefficient (Wildman–Crippen LogP) is 4.24. The molecule has 1 unspecified atom stereocenters. The van der Waals surface area contributed by atoms with Crippen LogP contribution in [0.2, 0.25) is 5.02 Å². The van der Waals surface area contributed by atoms with E-state index in [1.807, 2.05) is 12.1 Å². The van der Waals surface area contributed by atoms with Crippen molar-refractivity contribution >= 4 is 40.6 Å². The lowest BCUT2D eigenvalue weighted by atomic mass is 9.97. The number of halogens is 1. The zero-order chi connectivity index (χ0) is 21.6. The highest BCUT2D eigenvalue weighted by Crippen LogP contribution is 2.26. The van der Waals surface area contributed by atoms with Gasteiger partial charge in [-0.1, -0.05) is 23.7 Å². The SMILES string of the molecule is O=C(Nc1ccccc1NC(=O)C1CCCN(c2cnccn2)C1)c1ccc(Cl)cc1. The molecule has 2 N–H and O–H groups in total. The van der Waals surface area contributed by atoms with E-state index in [0.29, 0.717) is 28.5 Å². The molecule has 1 fully saturated rings. The van der Waals surface area contributed by atoms with Crippen molar-refractivity contribution in [1.82, 2.24) is 9.97 Å². The Morgan fingerprint density at radius 3 is 2.45 bits per heavy atom. The fourth-order valence-corrected chi connectivity index (χ4v) is 3.71. The van der Waals surface area contributed by atoms with Gasteiger partial charge in [-0.3, -0.25) is 14.6 Å². The van der Waals surface area contributed by atoms with Crippen LogP contribution in [-0.4, -0.2) is 34.9 Å². The van der Waals surface area contributed by atoms with Gasteiger partial charge in [0.15, 0.2) is 0 Å². The number of hydrogen-bond acceptors (Lipinski definition) is 5. The molecule has 7 nitrogen and oxygen atoms in total. The first kappa shape index (κ1) is 20.8. The molecule has 0 bridgehead atoms. The van der Waals surface area contributed by atoms with E-state index in [-0.39, 0.29) is 17.7 Å². The van der Waals surface area contributed by atoms with Gasteiger partial charge in [0.05, 0.1) is 23.5 Å². The average Bonchev–Trinajstić information content (AvgIpc) is 2.81. The second-order valence-electron chi connectivity index (χ2n) is 7.34. The van der Waals surface area contributed by atoms with Crippen molar-refractivity contribution in [1.29, 1.82) is 0 Å². The predicted molar refractivity (Wildman–Crippen MR) is 121 cm³/mol. The number of aromatic nitrogens is 2. The molecule has 8 heteroatoms. The molecular formula is C23H22ClN5O2. The van der Waals surface area contributed by atoms with Gasteiger partial charge in [0.25, 0.3) is 5.91 Å². The molecule has 1 aromatic heterocycles. The largest absolute Gasteiger partial charge is 0.355 e. The van der Waals surface area contributed by atoms with Crippen LogP contribution in [-0.2, 0) is 4.79 Å². The minimum atomic E-state index is -0.273. The molecule has 1 saturated heterocycles. The van der Waals surface area contributed by atoms with Gasteiger partial charge >= 0.3 is 0 Å². The van der Waals surface area contributed by atoms with Crippen LogP contribution in [0.4, 0.5) is 17.2 Å². The molecule has 1 aliphatic rings. The summed E-state index contributed by atoms with van der Waals surface area (Å²) >= 11 is 5.89. The molecule has 4 rings (SSSR count). The molecule has 31 heavy (non-hydrogen) atoms. The highest BCUT2D eigenvalue weighted by Gasteiger charge is 2.27. The normalized spacial score (nSPS) is 15.9. The first-order valence-electron chi connectivity index (χ1n) is 10.1. The van der Waals surface area contributed by atoms with Crippen LogP contribution >= 0.6 is 11.6 Å². The number of anilines is 3. The summed E-state index contributed by atoms with van der Waals surface area (Å²) in [6.07, 6.45) is 6.68. The van der Waals surface area contributed by atoms with Crippen molar-refractivity contribution in [3.8, 4) is 0 Å². The van der Waals surface area contributed by atoms with E-state index in [1.165, 1.54) is 0 Å². The molecule has 158 valence electrons. The summed E-state index contributed by atoms with van der Waals surface area (Å²) in [5.41, 5.74) is 1.58. The zero-order valence-electron chi connectivity index (χ0n) is 16.8. The maximum absolute atomic E-state index is 13.0. The molecule has 2 aromatic carbocycles. The van der Waals surface area contributed by atoms with Crippen molar-refractivity contribution in [2.45, 2.75) is 12.8 Å². The minimum absolute atomic E-state index is 0.0817. The summed E-state index contributed by atoms with van der Waals surface area (Å²) in [7, 11) is 0. The first-order chi connectivity index (χ1) is 15.1. The summed E-state index contributed by atoms with van der Waals surface area (Å²) in [5, 5.41) is 6.41. The third-order valence-electron chi connectivity index (χ3n) is 5.21. The number of carbonyl (C=O) groups excluding carboxylic acids is 2. The van der Waals surface area contributed by atoms with Crippen LogP contribution < -0.4 is 15.5 Å². The molecule has 2 heterocycles. The Kier molecular flexibility index (Phi) is 6.43. The smallest absolute Gasteiger partial charge is 0.255 e. The lowest BCUT2D eigenvalue weighted by Crippen LogP contribution is -2.41. The van der Waals surface area contributed by atoms with Gasteiger partial charge in [0, 0.05) is 36.1 Å². The lowest BCUT2D eigenvalue weighted by Gasteiger charge is -2.32. The van der Waals surface area contributed by atoms with E-state index in [9.17, 15) is 9.59 Å². The summed E-state index contributed by atoms with van der Waals surface area (Å²) in [5.74, 6) is 0.234. The number of para-hydroxylation sites is 2. The summed E-state index contributed by atoms with van der Waals surface area (Å²) < 4.78 is 0. The molecule has 0 aliphatic carbocycles. The minimum Gasteiger partial charge on any atom is -0.355 e. The molecule has 1 atom stereocenters. The molecule has 0 spiro atoms. The number of nitrogens with zero attached hydrogens (tertiary/aromatic N) is 3. The maximum Gasteiger partial charge on any atom is 0.255 e. The van der Waals surface area contributed by atoms with E-state index in [0.717, 1.165) is 25.2 Å². The first-order valence-corrected chi connectivity index (χ1v) is 10.5. The van der Waals surface area contributed by atoms with Gasteiger partial charge in [0.2, 0.25) is 5.91 Å². The maximum atomic E-state index is 13.0. The third-order valence-corrected chi connectivity index (χ3v) is 5.46. The fraction of sp³-hybridized carbons (Fsp3) is 0.217. The van der Waals surface area contributed by atoms with E-state index in [1.54, 1.807) is 55.0 Å². The zero-order valence-corrected chi connectivity index (χ0v) is 17.5. The third kappa shape index (κ3) is 5.19. The number of benzene rings is 2. The number of nitrogens with one attached hydrogen (secondary N) is 2. The molecule has 0 radical (unpaired) electrons. The van der Waals surface area contributed by atoms with Gasteiger partial charge in [-0.15, -0.1) is 0 Å². The summed E-state index contributed by atoms with van der Waals surface area (Å²) in [4.78, 5) is 36.1. The van der Waals surface area contributed by atoms with E-state index in [2.05, 4.69) is 25.5 Å². The Morgan fingerprint density at radius 2 is 1.74 bits per heavy atom. The van der Waals surface area contributed by atoms with Crippen LogP contribution in [0.3, 0.4) is 0 Å². The number of amides is 2.